The molecule has 0 N–H and O–H groups in total. The van der Waals surface area contributed by atoms with Crippen molar-refractivity contribution in [3.63, 3.8) is 0 Å². The monoisotopic (exact) mass is 166 g/mol. The molecule has 2 nitrogen and oxygen atoms in total. The topological polar surface area (TPSA) is 29.6 Å². The lowest BCUT2D eigenvalue weighted by molar-refractivity contribution is 0.0953. The van der Waals surface area contributed by atoms with Gasteiger partial charge in [-0.3, -0.25) is 4.79 Å². The van der Waals surface area contributed by atoms with E-state index in [0.29, 0.717) is 12.2 Å². The van der Waals surface area contributed by atoms with Crippen LogP contribution in [0, 0.1) is 5.82 Å². The maximum Gasteiger partial charge on any atom is 0.193 e. The summed E-state index contributed by atoms with van der Waals surface area (Å²) in [5.41, 5.74) is 0.513. The lowest BCUT2D eigenvalue weighted by Crippen LogP contribution is -2.06. The molecule has 0 radical (unpaired) electrons. The minimum absolute atomic E-state index is 0.0602. The van der Waals surface area contributed by atoms with Crippen LogP contribution in [0.4, 0.5) is 4.39 Å². The van der Waals surface area contributed by atoms with Crippen LogP contribution in [0.15, 0.2) is 24.3 Å². The molecule has 2 rings (SSSR count). The minimum Gasteiger partial charge on any atom is -0.364 e. The average Bonchev–Trinajstić information content (AvgIpc) is 2.87. The second-order valence-corrected chi connectivity index (χ2v) is 2.69. The molecular formula is C9H7FO2. The number of carbonyl (C=O) groups is 1. The number of rotatable bonds is 2. The van der Waals surface area contributed by atoms with Crippen molar-refractivity contribution >= 4 is 5.78 Å². The molecule has 1 saturated heterocycles. The number of halogens is 1. The molecule has 0 spiro atoms. The van der Waals surface area contributed by atoms with Gasteiger partial charge in [-0.15, -0.1) is 0 Å². The van der Waals surface area contributed by atoms with Gasteiger partial charge in [0.05, 0.1) is 6.61 Å². The van der Waals surface area contributed by atoms with Crippen molar-refractivity contribution in [1.82, 2.24) is 0 Å². The second-order valence-electron chi connectivity index (χ2n) is 2.69. The molecule has 0 bridgehead atoms. The number of Topliss-reactive ketones (excluding diaryl/α,β-unsaturated/α-hetero) is 1. The van der Waals surface area contributed by atoms with Crippen LogP contribution in [0.25, 0.3) is 0 Å². The fraction of sp³-hybridized carbons (Fsp3) is 0.222. The van der Waals surface area contributed by atoms with E-state index in [0.717, 1.165) is 0 Å². The van der Waals surface area contributed by atoms with Crippen LogP contribution in [0.2, 0.25) is 0 Å². The molecule has 1 aromatic carbocycles. The smallest absolute Gasteiger partial charge is 0.193 e. The minimum atomic E-state index is -0.330. The molecular weight excluding hydrogens is 159 g/mol. The van der Waals surface area contributed by atoms with Crippen molar-refractivity contribution in [3.8, 4) is 0 Å². The Morgan fingerprint density at radius 1 is 1.42 bits per heavy atom. The molecule has 1 aliphatic rings. The molecule has 0 aromatic heterocycles. The first kappa shape index (κ1) is 7.43. The fourth-order valence-corrected chi connectivity index (χ4v) is 1.000. The van der Waals surface area contributed by atoms with Crippen molar-refractivity contribution in [1.29, 1.82) is 0 Å². The SMILES string of the molecule is O=C(c1ccc(F)cc1)C1CO1. The summed E-state index contributed by atoms with van der Waals surface area (Å²) in [7, 11) is 0. The molecule has 3 heteroatoms. The van der Waals surface area contributed by atoms with Gasteiger partial charge in [0.1, 0.15) is 11.9 Å². The van der Waals surface area contributed by atoms with Gasteiger partial charge in [-0.05, 0) is 24.3 Å². The predicted octanol–water partition coefficient (Wildman–Crippen LogP) is 1.41. The summed E-state index contributed by atoms with van der Waals surface area (Å²) in [6.45, 7) is 0.496. The fourth-order valence-electron chi connectivity index (χ4n) is 1.000. The standard InChI is InChI=1S/C9H7FO2/c10-7-3-1-6(2-4-7)9(11)8-5-12-8/h1-4,8H,5H2. The Labute approximate surface area is 69.0 Å². The highest BCUT2D eigenvalue weighted by Gasteiger charge is 2.31. The number of carbonyl (C=O) groups excluding carboxylic acids is 1. The van der Waals surface area contributed by atoms with E-state index in [9.17, 15) is 9.18 Å². The Morgan fingerprint density at radius 3 is 2.50 bits per heavy atom. The number of epoxide rings is 1. The molecule has 1 aliphatic heterocycles. The van der Waals surface area contributed by atoms with Gasteiger partial charge in [-0.2, -0.15) is 0 Å². The van der Waals surface area contributed by atoms with Gasteiger partial charge in [0.15, 0.2) is 5.78 Å². The Hall–Kier alpha value is -1.22. The summed E-state index contributed by atoms with van der Waals surface area (Å²) < 4.78 is 17.2. The first-order valence-electron chi connectivity index (χ1n) is 3.69. The van der Waals surface area contributed by atoms with Crippen molar-refractivity contribution in [2.75, 3.05) is 6.61 Å². The highest BCUT2D eigenvalue weighted by Crippen LogP contribution is 2.16. The highest BCUT2D eigenvalue weighted by molar-refractivity contribution is 6.00. The van der Waals surface area contributed by atoms with Gasteiger partial charge in [0, 0.05) is 5.56 Å². The van der Waals surface area contributed by atoms with Crippen molar-refractivity contribution < 1.29 is 13.9 Å². The van der Waals surface area contributed by atoms with Crippen LogP contribution >= 0.6 is 0 Å². The van der Waals surface area contributed by atoms with Gasteiger partial charge in [-0.25, -0.2) is 4.39 Å². The highest BCUT2D eigenvalue weighted by atomic mass is 19.1. The van der Waals surface area contributed by atoms with E-state index in [-0.39, 0.29) is 17.7 Å². The molecule has 0 amide bonds. The molecule has 1 atom stereocenters. The molecule has 1 unspecified atom stereocenters. The van der Waals surface area contributed by atoms with Gasteiger partial charge < -0.3 is 4.74 Å². The van der Waals surface area contributed by atoms with Crippen LogP contribution in [0.1, 0.15) is 10.4 Å². The van der Waals surface area contributed by atoms with E-state index < -0.39 is 0 Å². The maximum absolute atomic E-state index is 12.4. The van der Waals surface area contributed by atoms with Gasteiger partial charge in [-0.1, -0.05) is 0 Å². The van der Waals surface area contributed by atoms with Crippen LogP contribution in [0.5, 0.6) is 0 Å². The van der Waals surface area contributed by atoms with E-state index in [1.807, 2.05) is 0 Å². The second kappa shape index (κ2) is 2.68. The first-order chi connectivity index (χ1) is 5.77. The number of benzene rings is 1. The lowest BCUT2D eigenvalue weighted by atomic mass is 10.1. The number of hydrogen-bond acceptors (Lipinski definition) is 2. The summed E-state index contributed by atoms with van der Waals surface area (Å²) in [6, 6.07) is 5.49. The third-order valence-corrected chi connectivity index (χ3v) is 1.75. The molecule has 1 heterocycles. The summed E-state index contributed by atoms with van der Waals surface area (Å²) in [6.07, 6.45) is -0.282. The molecule has 0 aliphatic carbocycles. The normalized spacial score (nSPS) is 20.6. The quantitative estimate of drug-likeness (QED) is 0.491. The zero-order chi connectivity index (χ0) is 8.55. The van der Waals surface area contributed by atoms with E-state index >= 15 is 0 Å². The Morgan fingerprint density at radius 2 is 2.00 bits per heavy atom. The lowest BCUT2D eigenvalue weighted by Gasteiger charge is -1.95. The summed E-state index contributed by atoms with van der Waals surface area (Å²) in [5, 5.41) is 0. The van der Waals surface area contributed by atoms with Gasteiger partial charge >= 0.3 is 0 Å². The van der Waals surface area contributed by atoms with E-state index in [4.69, 9.17) is 4.74 Å². The van der Waals surface area contributed by atoms with E-state index in [1.165, 1.54) is 24.3 Å². The molecule has 0 saturated carbocycles. The Kier molecular flexibility index (Phi) is 1.66. The average molecular weight is 166 g/mol. The Balaban J connectivity index is 2.22. The van der Waals surface area contributed by atoms with Crippen molar-refractivity contribution in [2.24, 2.45) is 0 Å². The number of ether oxygens (including phenoxy) is 1. The van der Waals surface area contributed by atoms with Crippen LogP contribution in [-0.4, -0.2) is 18.5 Å². The maximum atomic E-state index is 12.4. The zero-order valence-corrected chi connectivity index (χ0v) is 6.29. The number of ketones is 1. The van der Waals surface area contributed by atoms with Crippen LogP contribution < -0.4 is 0 Å². The summed E-state index contributed by atoms with van der Waals surface area (Å²) >= 11 is 0. The van der Waals surface area contributed by atoms with E-state index in [2.05, 4.69) is 0 Å². The Bertz CT molecular complexity index is 301. The van der Waals surface area contributed by atoms with Crippen LogP contribution in [0.3, 0.4) is 0 Å². The molecule has 12 heavy (non-hydrogen) atoms. The summed E-state index contributed by atoms with van der Waals surface area (Å²) in [5.74, 6) is -0.390. The number of hydrogen-bond donors (Lipinski definition) is 0. The first-order valence-corrected chi connectivity index (χ1v) is 3.69. The van der Waals surface area contributed by atoms with Crippen molar-refractivity contribution in [2.45, 2.75) is 6.10 Å². The van der Waals surface area contributed by atoms with Crippen LogP contribution in [-0.2, 0) is 4.74 Å². The zero-order valence-electron chi connectivity index (χ0n) is 6.29. The largest absolute Gasteiger partial charge is 0.364 e. The third kappa shape index (κ3) is 1.36. The molecule has 1 fully saturated rings. The van der Waals surface area contributed by atoms with Crippen molar-refractivity contribution in [3.05, 3.63) is 35.6 Å². The summed E-state index contributed by atoms with van der Waals surface area (Å²) in [4.78, 5) is 11.3. The van der Waals surface area contributed by atoms with E-state index in [1.54, 1.807) is 0 Å². The van der Waals surface area contributed by atoms with Gasteiger partial charge in [0.2, 0.25) is 0 Å². The third-order valence-electron chi connectivity index (χ3n) is 1.75. The predicted molar refractivity (Wildman–Crippen MR) is 40.5 cm³/mol. The molecule has 62 valence electrons. The van der Waals surface area contributed by atoms with Gasteiger partial charge in [0.25, 0.3) is 0 Å². The molecule has 1 aromatic rings.